The molecule has 196 valence electrons. The van der Waals surface area contributed by atoms with E-state index in [9.17, 15) is 18.0 Å². The summed E-state index contributed by atoms with van der Waals surface area (Å²) in [5.74, 6) is -0.276. The topological polar surface area (TPSA) is 96.0 Å². The van der Waals surface area contributed by atoms with Crippen molar-refractivity contribution in [3.8, 4) is 5.75 Å². The summed E-state index contributed by atoms with van der Waals surface area (Å²) in [4.78, 5) is 28.0. The lowest BCUT2D eigenvalue weighted by Crippen LogP contribution is -2.51. The molecular weight excluding hydrogens is 490 g/mol. The number of amides is 2. The predicted molar refractivity (Wildman–Crippen MR) is 144 cm³/mol. The average molecular weight is 524 g/mol. The fraction of sp³-hybridized carbons (Fsp3) is 0.286. The minimum absolute atomic E-state index is 0.0216. The molecule has 0 bridgehead atoms. The van der Waals surface area contributed by atoms with Crippen molar-refractivity contribution in [1.82, 2.24) is 10.2 Å². The van der Waals surface area contributed by atoms with Crippen molar-refractivity contribution in [2.24, 2.45) is 0 Å². The molecule has 0 radical (unpaired) electrons. The zero-order chi connectivity index (χ0) is 26.8. The molecule has 0 fully saturated rings. The minimum Gasteiger partial charge on any atom is -0.497 e. The number of benzene rings is 3. The summed E-state index contributed by atoms with van der Waals surface area (Å²) in [5, 5.41) is 2.83. The van der Waals surface area contributed by atoms with Crippen LogP contribution in [-0.4, -0.2) is 51.4 Å². The van der Waals surface area contributed by atoms with E-state index < -0.39 is 28.5 Å². The van der Waals surface area contributed by atoms with E-state index in [-0.39, 0.29) is 17.3 Å². The molecule has 37 heavy (non-hydrogen) atoms. The normalized spacial score (nSPS) is 11.9. The standard InChI is InChI=1S/C28H33N3O5S/c1-4-19-29-28(33)22(2)30(20-23-11-7-5-8-12-23)27(32)21-31(24-13-9-6-10-14-24)37(34,35)26-17-15-25(36-3)16-18-26/h5-18,22H,4,19-21H2,1-3H3,(H,29,33). The molecule has 1 unspecified atom stereocenters. The maximum Gasteiger partial charge on any atom is 0.264 e. The van der Waals surface area contributed by atoms with Crippen LogP contribution in [0.25, 0.3) is 0 Å². The van der Waals surface area contributed by atoms with Gasteiger partial charge in [0.2, 0.25) is 11.8 Å². The molecule has 0 saturated carbocycles. The number of anilines is 1. The predicted octanol–water partition coefficient (Wildman–Crippen LogP) is 3.83. The summed E-state index contributed by atoms with van der Waals surface area (Å²) in [6.07, 6.45) is 0.757. The lowest BCUT2D eigenvalue weighted by Gasteiger charge is -2.32. The van der Waals surface area contributed by atoms with Crippen molar-refractivity contribution >= 4 is 27.5 Å². The third kappa shape index (κ3) is 7.10. The zero-order valence-electron chi connectivity index (χ0n) is 21.3. The summed E-state index contributed by atoms with van der Waals surface area (Å²) in [5.41, 5.74) is 1.17. The Kier molecular flexibility index (Phi) is 9.68. The Labute approximate surface area is 218 Å². The van der Waals surface area contributed by atoms with Gasteiger partial charge in [0, 0.05) is 13.1 Å². The Hall–Kier alpha value is -3.85. The number of rotatable bonds is 12. The van der Waals surface area contributed by atoms with Gasteiger partial charge < -0.3 is 15.0 Å². The molecular formula is C28H33N3O5S. The number of sulfonamides is 1. The van der Waals surface area contributed by atoms with Gasteiger partial charge in [-0.25, -0.2) is 8.42 Å². The monoisotopic (exact) mass is 523 g/mol. The third-order valence-corrected chi connectivity index (χ3v) is 7.67. The van der Waals surface area contributed by atoms with E-state index in [0.29, 0.717) is 18.0 Å². The molecule has 3 aromatic carbocycles. The van der Waals surface area contributed by atoms with Crippen LogP contribution >= 0.6 is 0 Å². The molecule has 2 amide bonds. The molecule has 0 saturated heterocycles. The number of ether oxygens (including phenoxy) is 1. The quantitative estimate of drug-likeness (QED) is 0.389. The number of methoxy groups -OCH3 is 1. The van der Waals surface area contributed by atoms with Crippen LogP contribution in [0.1, 0.15) is 25.8 Å². The van der Waals surface area contributed by atoms with E-state index in [2.05, 4.69) is 5.32 Å². The number of hydrogen-bond acceptors (Lipinski definition) is 5. The van der Waals surface area contributed by atoms with E-state index in [1.807, 2.05) is 37.3 Å². The lowest BCUT2D eigenvalue weighted by atomic mass is 10.1. The second-order valence-electron chi connectivity index (χ2n) is 8.50. The van der Waals surface area contributed by atoms with Gasteiger partial charge in [-0.3, -0.25) is 13.9 Å². The highest BCUT2D eigenvalue weighted by atomic mass is 32.2. The van der Waals surface area contributed by atoms with Gasteiger partial charge >= 0.3 is 0 Å². The Bertz CT molecular complexity index is 1270. The van der Waals surface area contributed by atoms with E-state index in [4.69, 9.17) is 4.74 Å². The second kappa shape index (κ2) is 12.9. The molecule has 8 nitrogen and oxygen atoms in total. The minimum atomic E-state index is -4.11. The number of para-hydroxylation sites is 1. The molecule has 0 spiro atoms. The van der Waals surface area contributed by atoms with Crippen LogP contribution in [0.5, 0.6) is 5.75 Å². The molecule has 0 aliphatic heterocycles. The highest BCUT2D eigenvalue weighted by molar-refractivity contribution is 7.92. The largest absolute Gasteiger partial charge is 0.497 e. The van der Waals surface area contributed by atoms with Gasteiger partial charge in [-0.1, -0.05) is 55.5 Å². The molecule has 3 aromatic rings. The molecule has 0 aliphatic rings. The van der Waals surface area contributed by atoms with Crippen LogP contribution in [-0.2, 0) is 26.2 Å². The number of carbonyl (C=O) groups excluding carboxylic acids is 2. The Morgan fingerprint density at radius 3 is 2.08 bits per heavy atom. The zero-order valence-corrected chi connectivity index (χ0v) is 22.1. The summed E-state index contributed by atoms with van der Waals surface area (Å²) in [6.45, 7) is 3.76. The molecule has 1 N–H and O–H groups in total. The third-order valence-electron chi connectivity index (χ3n) is 5.88. The van der Waals surface area contributed by atoms with Gasteiger partial charge in [-0.05, 0) is 55.3 Å². The Morgan fingerprint density at radius 2 is 1.51 bits per heavy atom. The number of carbonyl (C=O) groups is 2. The van der Waals surface area contributed by atoms with E-state index >= 15 is 0 Å². The van der Waals surface area contributed by atoms with Crippen LogP contribution in [0.15, 0.2) is 89.8 Å². The Morgan fingerprint density at radius 1 is 0.919 bits per heavy atom. The molecule has 0 aromatic heterocycles. The van der Waals surface area contributed by atoms with Gasteiger partial charge in [0.15, 0.2) is 0 Å². The molecule has 0 aliphatic carbocycles. The first-order valence-corrected chi connectivity index (χ1v) is 13.5. The second-order valence-corrected chi connectivity index (χ2v) is 10.4. The van der Waals surface area contributed by atoms with Gasteiger partial charge in [0.25, 0.3) is 10.0 Å². The number of hydrogen-bond donors (Lipinski definition) is 1. The van der Waals surface area contributed by atoms with Crippen molar-refractivity contribution < 1.29 is 22.7 Å². The van der Waals surface area contributed by atoms with Crippen molar-refractivity contribution in [3.63, 3.8) is 0 Å². The highest BCUT2D eigenvalue weighted by Gasteiger charge is 2.32. The van der Waals surface area contributed by atoms with Crippen LogP contribution in [0.2, 0.25) is 0 Å². The van der Waals surface area contributed by atoms with Crippen molar-refractivity contribution in [3.05, 3.63) is 90.5 Å². The van der Waals surface area contributed by atoms with Crippen molar-refractivity contribution in [1.29, 1.82) is 0 Å². The molecule has 9 heteroatoms. The van der Waals surface area contributed by atoms with E-state index in [0.717, 1.165) is 16.3 Å². The first-order valence-electron chi connectivity index (χ1n) is 12.1. The van der Waals surface area contributed by atoms with Gasteiger partial charge in [-0.2, -0.15) is 0 Å². The summed E-state index contributed by atoms with van der Waals surface area (Å²) in [6, 6.07) is 22.9. The smallest absolute Gasteiger partial charge is 0.264 e. The maximum atomic E-state index is 13.7. The van der Waals surface area contributed by atoms with Gasteiger partial charge in [0.05, 0.1) is 17.7 Å². The lowest BCUT2D eigenvalue weighted by molar-refractivity contribution is -0.139. The molecule has 3 rings (SSSR count). The van der Waals surface area contributed by atoms with E-state index in [1.165, 1.54) is 24.1 Å². The van der Waals surface area contributed by atoms with Crippen molar-refractivity contribution in [2.45, 2.75) is 37.8 Å². The average Bonchev–Trinajstić information content (AvgIpc) is 2.93. The van der Waals surface area contributed by atoms with E-state index in [1.54, 1.807) is 49.4 Å². The van der Waals surface area contributed by atoms with Crippen LogP contribution in [0.3, 0.4) is 0 Å². The summed E-state index contributed by atoms with van der Waals surface area (Å²) >= 11 is 0. The first kappa shape index (κ1) is 27.7. The van der Waals surface area contributed by atoms with Crippen LogP contribution in [0.4, 0.5) is 5.69 Å². The fourth-order valence-electron chi connectivity index (χ4n) is 3.76. The Balaban J connectivity index is 1.97. The highest BCUT2D eigenvalue weighted by Crippen LogP contribution is 2.25. The number of nitrogens with zero attached hydrogens (tertiary/aromatic N) is 2. The van der Waals surface area contributed by atoms with Crippen LogP contribution in [0, 0.1) is 0 Å². The number of nitrogens with one attached hydrogen (secondary N) is 1. The van der Waals surface area contributed by atoms with Gasteiger partial charge in [0.1, 0.15) is 18.3 Å². The SMILES string of the molecule is CCCNC(=O)C(C)N(Cc1ccccc1)C(=O)CN(c1ccccc1)S(=O)(=O)c1ccc(OC)cc1. The van der Waals surface area contributed by atoms with Gasteiger partial charge in [-0.15, -0.1) is 0 Å². The maximum absolute atomic E-state index is 13.7. The molecule has 0 heterocycles. The summed E-state index contributed by atoms with van der Waals surface area (Å²) in [7, 11) is -2.61. The summed E-state index contributed by atoms with van der Waals surface area (Å²) < 4.78 is 33.7. The fourth-order valence-corrected chi connectivity index (χ4v) is 5.17. The van der Waals surface area contributed by atoms with Crippen LogP contribution < -0.4 is 14.4 Å². The molecule has 1 atom stereocenters. The first-order chi connectivity index (χ1) is 17.8. The van der Waals surface area contributed by atoms with Crippen molar-refractivity contribution in [2.75, 3.05) is 24.5 Å².